The largest absolute Gasteiger partial charge is 0.491 e. The maximum Gasteiger partial charge on any atom is 0.181 e. The number of carbonyl (C=O) groups is 1. The summed E-state index contributed by atoms with van der Waals surface area (Å²) < 4.78 is 5.58. The molecule has 0 amide bonds. The fourth-order valence-corrected chi connectivity index (χ4v) is 2.24. The second-order valence-electron chi connectivity index (χ2n) is 5.32. The first kappa shape index (κ1) is 14.0. The van der Waals surface area contributed by atoms with Crippen molar-refractivity contribution in [2.24, 2.45) is 0 Å². The highest BCUT2D eigenvalue weighted by Gasteiger charge is 2.24. The van der Waals surface area contributed by atoms with Gasteiger partial charge in [0.1, 0.15) is 5.75 Å². The second kappa shape index (κ2) is 6.17. The van der Waals surface area contributed by atoms with Gasteiger partial charge in [-0.25, -0.2) is 0 Å². The number of piperazine rings is 1. The van der Waals surface area contributed by atoms with Crippen molar-refractivity contribution in [3.8, 4) is 5.75 Å². The molecule has 1 heterocycles. The molecule has 0 bridgehead atoms. The second-order valence-corrected chi connectivity index (χ2v) is 5.32. The fourth-order valence-electron chi connectivity index (χ4n) is 2.24. The number of likely N-dealkylation sites (N-methyl/N-ethyl adjacent to an activating group) is 1. The van der Waals surface area contributed by atoms with Gasteiger partial charge in [-0.1, -0.05) is 0 Å². The molecule has 1 fully saturated rings. The van der Waals surface area contributed by atoms with Crippen molar-refractivity contribution in [2.75, 3.05) is 26.7 Å². The topological polar surface area (TPSA) is 41.6 Å². The van der Waals surface area contributed by atoms with Crippen molar-refractivity contribution < 1.29 is 9.53 Å². The van der Waals surface area contributed by atoms with Gasteiger partial charge in [0.2, 0.25) is 0 Å². The Morgan fingerprint density at radius 3 is 2.63 bits per heavy atom. The van der Waals surface area contributed by atoms with Gasteiger partial charge in [-0.05, 0) is 45.2 Å². The number of hydrogen-bond donors (Lipinski definition) is 1. The Balaban J connectivity index is 2.02. The van der Waals surface area contributed by atoms with Crippen LogP contribution in [0.15, 0.2) is 24.3 Å². The third-order valence-corrected chi connectivity index (χ3v) is 3.21. The third kappa shape index (κ3) is 3.78. The van der Waals surface area contributed by atoms with Crippen LogP contribution in [0.5, 0.6) is 5.75 Å². The predicted molar refractivity (Wildman–Crippen MR) is 75.8 cm³/mol. The molecule has 1 unspecified atom stereocenters. The third-order valence-electron chi connectivity index (χ3n) is 3.21. The number of Topliss-reactive ketones (excluding diaryl/α,β-unsaturated/α-hetero) is 1. The summed E-state index contributed by atoms with van der Waals surface area (Å²) in [5.74, 6) is 0.961. The highest BCUT2D eigenvalue weighted by atomic mass is 16.5. The molecule has 0 spiro atoms. The Labute approximate surface area is 114 Å². The van der Waals surface area contributed by atoms with E-state index in [9.17, 15) is 4.79 Å². The fraction of sp³-hybridized carbons (Fsp3) is 0.533. The molecule has 0 saturated carbocycles. The monoisotopic (exact) mass is 262 g/mol. The number of benzene rings is 1. The van der Waals surface area contributed by atoms with Crippen LogP contribution in [0.2, 0.25) is 0 Å². The van der Waals surface area contributed by atoms with Crippen molar-refractivity contribution >= 4 is 5.78 Å². The van der Waals surface area contributed by atoms with Crippen LogP contribution in [0.3, 0.4) is 0 Å². The van der Waals surface area contributed by atoms with Crippen LogP contribution in [-0.4, -0.2) is 49.5 Å². The van der Waals surface area contributed by atoms with Crippen molar-refractivity contribution in [3.05, 3.63) is 29.8 Å². The van der Waals surface area contributed by atoms with Gasteiger partial charge in [0.25, 0.3) is 0 Å². The number of rotatable bonds is 4. The molecule has 1 saturated heterocycles. The molecule has 0 aliphatic carbocycles. The summed E-state index contributed by atoms with van der Waals surface area (Å²) in [6.07, 6.45) is 0.148. The molecule has 1 aromatic carbocycles. The van der Waals surface area contributed by atoms with Gasteiger partial charge in [0, 0.05) is 25.2 Å². The standard InChI is InChI=1S/C15H22N2O2/c1-11(2)19-13-6-4-12(5-7-13)15(18)14-10-17(3)9-8-16-14/h4-7,11,14,16H,8-10H2,1-3H3. The van der Waals surface area contributed by atoms with Gasteiger partial charge in [-0.3, -0.25) is 4.79 Å². The van der Waals surface area contributed by atoms with E-state index in [2.05, 4.69) is 10.2 Å². The van der Waals surface area contributed by atoms with E-state index < -0.39 is 0 Å². The van der Waals surface area contributed by atoms with Crippen LogP contribution in [0.25, 0.3) is 0 Å². The van der Waals surface area contributed by atoms with Crippen molar-refractivity contribution in [2.45, 2.75) is 26.0 Å². The molecule has 4 heteroatoms. The quantitative estimate of drug-likeness (QED) is 0.836. The van der Waals surface area contributed by atoms with Crippen molar-refractivity contribution in [1.29, 1.82) is 0 Å². The Morgan fingerprint density at radius 2 is 2.05 bits per heavy atom. The number of ether oxygens (including phenoxy) is 1. The van der Waals surface area contributed by atoms with Crippen LogP contribution >= 0.6 is 0 Å². The van der Waals surface area contributed by atoms with Crippen LogP contribution in [0.1, 0.15) is 24.2 Å². The Hall–Kier alpha value is -1.39. The van der Waals surface area contributed by atoms with E-state index in [-0.39, 0.29) is 17.9 Å². The Bertz CT molecular complexity index is 428. The van der Waals surface area contributed by atoms with E-state index in [1.54, 1.807) is 0 Å². The average Bonchev–Trinajstić information content (AvgIpc) is 2.38. The summed E-state index contributed by atoms with van der Waals surface area (Å²) in [6, 6.07) is 7.31. The van der Waals surface area contributed by atoms with E-state index in [4.69, 9.17) is 4.74 Å². The van der Waals surface area contributed by atoms with Crippen LogP contribution in [0.4, 0.5) is 0 Å². The maximum absolute atomic E-state index is 12.3. The molecule has 1 aliphatic rings. The highest BCUT2D eigenvalue weighted by molar-refractivity contribution is 6.00. The first-order chi connectivity index (χ1) is 9.06. The minimum atomic E-state index is -0.101. The van der Waals surface area contributed by atoms with Crippen molar-refractivity contribution in [3.63, 3.8) is 0 Å². The number of nitrogens with one attached hydrogen (secondary N) is 1. The van der Waals surface area contributed by atoms with Crippen LogP contribution in [0, 0.1) is 0 Å². The molecule has 1 aliphatic heterocycles. The van der Waals surface area contributed by atoms with Gasteiger partial charge in [-0.15, -0.1) is 0 Å². The lowest BCUT2D eigenvalue weighted by Crippen LogP contribution is -2.52. The first-order valence-electron chi connectivity index (χ1n) is 6.79. The minimum Gasteiger partial charge on any atom is -0.491 e. The molecule has 2 rings (SSSR count). The molecule has 104 valence electrons. The molecule has 19 heavy (non-hydrogen) atoms. The highest BCUT2D eigenvalue weighted by Crippen LogP contribution is 2.15. The summed E-state index contributed by atoms with van der Waals surface area (Å²) in [4.78, 5) is 14.5. The van der Waals surface area contributed by atoms with Gasteiger partial charge in [0.05, 0.1) is 12.1 Å². The summed E-state index contributed by atoms with van der Waals surface area (Å²) in [5.41, 5.74) is 0.740. The minimum absolute atomic E-state index is 0.101. The molecule has 1 aromatic rings. The molecule has 1 atom stereocenters. The van der Waals surface area contributed by atoms with Crippen LogP contribution < -0.4 is 10.1 Å². The van der Waals surface area contributed by atoms with Gasteiger partial charge in [-0.2, -0.15) is 0 Å². The average molecular weight is 262 g/mol. The molecule has 1 N–H and O–H groups in total. The molecule has 4 nitrogen and oxygen atoms in total. The number of ketones is 1. The lowest BCUT2D eigenvalue weighted by atomic mass is 10.0. The Morgan fingerprint density at radius 1 is 1.37 bits per heavy atom. The van der Waals surface area contributed by atoms with E-state index in [0.29, 0.717) is 0 Å². The summed E-state index contributed by atoms with van der Waals surface area (Å²) >= 11 is 0. The normalized spacial score (nSPS) is 20.5. The SMILES string of the molecule is CC(C)Oc1ccc(C(=O)C2CN(C)CCN2)cc1. The lowest BCUT2D eigenvalue weighted by molar-refractivity contribution is 0.0894. The van der Waals surface area contributed by atoms with Gasteiger partial charge >= 0.3 is 0 Å². The van der Waals surface area contributed by atoms with Gasteiger partial charge < -0.3 is 15.0 Å². The summed E-state index contributed by atoms with van der Waals surface area (Å²) in [7, 11) is 2.04. The zero-order chi connectivity index (χ0) is 13.8. The number of carbonyl (C=O) groups excluding carboxylic acids is 1. The summed E-state index contributed by atoms with van der Waals surface area (Å²) in [5, 5.41) is 3.27. The van der Waals surface area contributed by atoms with Crippen LogP contribution in [-0.2, 0) is 0 Å². The number of hydrogen-bond acceptors (Lipinski definition) is 4. The molecule has 0 radical (unpaired) electrons. The first-order valence-corrected chi connectivity index (χ1v) is 6.79. The molecule has 0 aromatic heterocycles. The van der Waals surface area contributed by atoms with E-state index in [1.165, 1.54) is 0 Å². The lowest BCUT2D eigenvalue weighted by Gasteiger charge is -2.29. The van der Waals surface area contributed by atoms with Crippen molar-refractivity contribution in [1.82, 2.24) is 10.2 Å². The smallest absolute Gasteiger partial charge is 0.181 e. The van der Waals surface area contributed by atoms with Gasteiger partial charge in [0.15, 0.2) is 5.78 Å². The zero-order valence-electron chi connectivity index (χ0n) is 11.8. The van der Waals surface area contributed by atoms with E-state index in [1.807, 2.05) is 45.2 Å². The number of nitrogens with zero attached hydrogens (tertiary/aromatic N) is 1. The predicted octanol–water partition coefficient (Wildman–Crippen LogP) is 1.56. The zero-order valence-corrected chi connectivity index (χ0v) is 11.8. The van der Waals surface area contributed by atoms with E-state index in [0.717, 1.165) is 30.9 Å². The maximum atomic E-state index is 12.3. The van der Waals surface area contributed by atoms with E-state index >= 15 is 0 Å². The molecular formula is C15H22N2O2. The Kier molecular flexibility index (Phi) is 4.56. The molecular weight excluding hydrogens is 240 g/mol. The summed E-state index contributed by atoms with van der Waals surface area (Å²) in [6.45, 7) is 6.59.